The van der Waals surface area contributed by atoms with E-state index in [4.69, 9.17) is 4.42 Å². The van der Waals surface area contributed by atoms with Crippen LogP contribution in [0.3, 0.4) is 0 Å². The highest BCUT2D eigenvalue weighted by Crippen LogP contribution is 2.33. The van der Waals surface area contributed by atoms with Crippen molar-refractivity contribution in [2.75, 3.05) is 0 Å². The molecule has 0 N–H and O–H groups in total. The van der Waals surface area contributed by atoms with Gasteiger partial charge in [-0.25, -0.2) is 15.0 Å². The fraction of sp³-hybridized carbons (Fsp3) is 0.0588. The van der Waals surface area contributed by atoms with Gasteiger partial charge in [0.15, 0.2) is 10.5 Å². The van der Waals surface area contributed by atoms with Gasteiger partial charge in [0.1, 0.15) is 22.5 Å². The minimum atomic E-state index is -0.0709. The van der Waals surface area contributed by atoms with Gasteiger partial charge in [0.2, 0.25) is 0 Å². The van der Waals surface area contributed by atoms with Gasteiger partial charge in [-0.3, -0.25) is 9.20 Å². The van der Waals surface area contributed by atoms with Crippen molar-refractivity contribution in [3.8, 4) is 0 Å². The molecule has 0 bridgehead atoms. The number of aromatic nitrogens is 4. The molecule has 0 unspecified atom stereocenters. The summed E-state index contributed by atoms with van der Waals surface area (Å²) in [4.78, 5) is 26.0. The van der Waals surface area contributed by atoms with Crippen molar-refractivity contribution >= 4 is 50.1 Å². The van der Waals surface area contributed by atoms with Crippen molar-refractivity contribution in [1.29, 1.82) is 0 Å². The number of rotatable bonds is 3. The van der Waals surface area contributed by atoms with Crippen LogP contribution >= 0.6 is 23.1 Å². The number of furan rings is 1. The highest BCUT2D eigenvalue weighted by molar-refractivity contribution is 7.98. The first kappa shape index (κ1) is 14.6. The van der Waals surface area contributed by atoms with Crippen LogP contribution in [0, 0.1) is 0 Å². The Kier molecular flexibility index (Phi) is 3.32. The second-order valence-corrected chi connectivity index (χ2v) is 7.22. The number of para-hydroxylation sites is 1. The Morgan fingerprint density at radius 3 is 3.12 bits per heavy atom. The maximum Gasteiger partial charge on any atom is 0.258 e. The van der Waals surface area contributed by atoms with Crippen LogP contribution in [-0.4, -0.2) is 19.4 Å². The van der Waals surface area contributed by atoms with E-state index in [-0.39, 0.29) is 5.56 Å². The van der Waals surface area contributed by atoms with E-state index < -0.39 is 0 Å². The summed E-state index contributed by atoms with van der Waals surface area (Å²) in [5.41, 5.74) is 2.91. The molecule has 5 rings (SSSR count). The number of thiazole rings is 1. The van der Waals surface area contributed by atoms with E-state index in [0.717, 1.165) is 27.2 Å². The summed E-state index contributed by atoms with van der Waals surface area (Å²) in [5.74, 6) is 0.535. The Labute approximate surface area is 149 Å². The van der Waals surface area contributed by atoms with E-state index in [1.165, 1.54) is 29.4 Å². The second-order valence-electron chi connectivity index (χ2n) is 5.38. The van der Waals surface area contributed by atoms with Crippen molar-refractivity contribution in [2.45, 2.75) is 10.8 Å². The van der Waals surface area contributed by atoms with Crippen LogP contribution in [0.5, 0.6) is 0 Å². The minimum Gasteiger partial charge on any atom is -0.451 e. The zero-order chi connectivity index (χ0) is 16.8. The molecule has 0 saturated carbocycles. The monoisotopic (exact) mass is 366 g/mol. The normalized spacial score (nSPS) is 11.7. The molecule has 8 heteroatoms. The van der Waals surface area contributed by atoms with Crippen molar-refractivity contribution < 1.29 is 4.42 Å². The summed E-state index contributed by atoms with van der Waals surface area (Å²) >= 11 is 2.93. The predicted octanol–water partition coefficient (Wildman–Crippen LogP) is 3.74. The van der Waals surface area contributed by atoms with E-state index in [0.29, 0.717) is 16.3 Å². The third-order valence-electron chi connectivity index (χ3n) is 3.84. The lowest BCUT2D eigenvalue weighted by Gasteiger charge is -2.01. The quantitative estimate of drug-likeness (QED) is 0.358. The fourth-order valence-corrected chi connectivity index (χ4v) is 4.27. The van der Waals surface area contributed by atoms with Crippen molar-refractivity contribution in [3.63, 3.8) is 0 Å². The average molecular weight is 366 g/mol. The molecule has 25 heavy (non-hydrogen) atoms. The topological polar surface area (TPSA) is 73.3 Å². The van der Waals surface area contributed by atoms with Crippen LogP contribution in [0.4, 0.5) is 0 Å². The predicted molar refractivity (Wildman–Crippen MR) is 98.2 cm³/mol. The molecule has 0 spiro atoms. The number of thioether (sulfide) groups is 1. The molecule has 0 radical (unpaired) electrons. The van der Waals surface area contributed by atoms with Gasteiger partial charge in [-0.2, -0.15) is 0 Å². The Balaban J connectivity index is 1.54. The average Bonchev–Trinajstić information content (AvgIpc) is 3.24. The Morgan fingerprint density at radius 1 is 1.24 bits per heavy atom. The van der Waals surface area contributed by atoms with Gasteiger partial charge in [0, 0.05) is 28.8 Å². The first-order valence-electron chi connectivity index (χ1n) is 7.50. The molecule has 0 aliphatic carbocycles. The number of fused-ring (bicyclic) bond motifs is 4. The van der Waals surface area contributed by atoms with E-state index in [1.807, 2.05) is 29.6 Å². The smallest absolute Gasteiger partial charge is 0.258 e. The van der Waals surface area contributed by atoms with E-state index >= 15 is 0 Å². The molecule has 0 aliphatic rings. The van der Waals surface area contributed by atoms with E-state index in [9.17, 15) is 4.79 Å². The SMILES string of the molecule is O=c1cc(CSc2ncnc3c2oc2ccccc23)nc2sccn12. The van der Waals surface area contributed by atoms with Crippen LogP contribution < -0.4 is 5.56 Å². The van der Waals surface area contributed by atoms with Gasteiger partial charge >= 0.3 is 0 Å². The van der Waals surface area contributed by atoms with Crippen molar-refractivity contribution in [3.05, 3.63) is 64.3 Å². The molecular formula is C17H10N4O2S2. The van der Waals surface area contributed by atoms with Crippen LogP contribution in [0.1, 0.15) is 5.69 Å². The van der Waals surface area contributed by atoms with Crippen molar-refractivity contribution in [1.82, 2.24) is 19.4 Å². The summed E-state index contributed by atoms with van der Waals surface area (Å²) < 4.78 is 7.47. The number of nitrogens with zero attached hydrogens (tertiary/aromatic N) is 4. The summed E-state index contributed by atoms with van der Waals surface area (Å²) in [6.45, 7) is 0. The van der Waals surface area contributed by atoms with Crippen LogP contribution in [-0.2, 0) is 5.75 Å². The lowest BCUT2D eigenvalue weighted by Crippen LogP contribution is -2.12. The molecule has 0 fully saturated rings. The Bertz CT molecular complexity index is 1290. The third kappa shape index (κ3) is 2.41. The standard InChI is InChI=1S/C17H10N4O2S2/c22-13-7-10(20-17-21(13)5-6-24-17)8-25-16-15-14(18-9-19-16)11-3-1-2-4-12(11)23-15/h1-7,9H,8H2. The molecule has 122 valence electrons. The highest BCUT2D eigenvalue weighted by atomic mass is 32.2. The maximum atomic E-state index is 12.1. The molecule has 6 nitrogen and oxygen atoms in total. The van der Waals surface area contributed by atoms with Gasteiger partial charge in [-0.1, -0.05) is 23.9 Å². The first-order chi connectivity index (χ1) is 12.3. The highest BCUT2D eigenvalue weighted by Gasteiger charge is 2.14. The van der Waals surface area contributed by atoms with Gasteiger partial charge in [0.05, 0.1) is 5.69 Å². The van der Waals surface area contributed by atoms with Crippen molar-refractivity contribution in [2.24, 2.45) is 0 Å². The Hall–Kier alpha value is -2.71. The molecule has 0 amide bonds. The summed E-state index contributed by atoms with van der Waals surface area (Å²) in [7, 11) is 0. The lowest BCUT2D eigenvalue weighted by molar-refractivity contribution is 0.653. The summed E-state index contributed by atoms with van der Waals surface area (Å²) in [6.07, 6.45) is 3.27. The molecule has 1 aromatic carbocycles. The number of hydrogen-bond acceptors (Lipinski definition) is 7. The molecular weight excluding hydrogens is 356 g/mol. The van der Waals surface area contributed by atoms with Gasteiger partial charge in [-0.15, -0.1) is 11.3 Å². The fourth-order valence-electron chi connectivity index (χ4n) is 2.71. The number of benzene rings is 1. The molecule has 4 aromatic heterocycles. The molecule has 0 saturated heterocycles. The summed E-state index contributed by atoms with van der Waals surface area (Å²) in [6, 6.07) is 9.34. The van der Waals surface area contributed by atoms with Gasteiger partial charge in [0.25, 0.3) is 5.56 Å². The third-order valence-corrected chi connectivity index (χ3v) is 5.60. The van der Waals surface area contributed by atoms with Crippen LogP contribution in [0.15, 0.2) is 62.5 Å². The zero-order valence-corrected chi connectivity index (χ0v) is 14.4. The van der Waals surface area contributed by atoms with Crippen LogP contribution in [0.25, 0.3) is 27.0 Å². The van der Waals surface area contributed by atoms with Gasteiger partial charge < -0.3 is 4.42 Å². The Morgan fingerprint density at radius 2 is 2.16 bits per heavy atom. The molecule has 4 heterocycles. The molecule has 0 atom stereocenters. The second kappa shape index (κ2) is 5.68. The minimum absolute atomic E-state index is 0.0709. The molecule has 0 aliphatic heterocycles. The summed E-state index contributed by atoms with van der Waals surface area (Å²) in [5, 5.41) is 3.57. The van der Waals surface area contributed by atoms with Crippen LogP contribution in [0.2, 0.25) is 0 Å². The van der Waals surface area contributed by atoms with E-state index in [2.05, 4.69) is 15.0 Å². The maximum absolute atomic E-state index is 12.1. The largest absolute Gasteiger partial charge is 0.451 e. The van der Waals surface area contributed by atoms with E-state index in [1.54, 1.807) is 16.7 Å². The first-order valence-corrected chi connectivity index (χ1v) is 9.37. The molecule has 5 aromatic rings. The zero-order valence-electron chi connectivity index (χ0n) is 12.7. The number of hydrogen-bond donors (Lipinski definition) is 0. The lowest BCUT2D eigenvalue weighted by atomic mass is 10.2. The van der Waals surface area contributed by atoms with Gasteiger partial charge in [-0.05, 0) is 12.1 Å².